The first-order valence-corrected chi connectivity index (χ1v) is 10.2. The zero-order chi connectivity index (χ0) is 22.5. The predicted molar refractivity (Wildman–Crippen MR) is 115 cm³/mol. The SMILES string of the molecule is C#CCCCO[C@@H]1[C@H](O)[C@@H](CO)O[C@H]1n1cnc2c(NC(=O)c3ccccc3)ncnc21. The first kappa shape index (κ1) is 21.9. The van der Waals surface area contributed by atoms with Crippen LogP contribution in [-0.2, 0) is 9.47 Å². The highest BCUT2D eigenvalue weighted by Crippen LogP contribution is 2.34. The molecule has 10 nitrogen and oxygen atoms in total. The molecule has 4 atom stereocenters. The minimum atomic E-state index is -1.05. The first-order chi connectivity index (χ1) is 15.6. The average Bonchev–Trinajstić information content (AvgIpc) is 3.38. The number of aliphatic hydroxyl groups is 2. The second-order valence-corrected chi connectivity index (χ2v) is 7.25. The Balaban J connectivity index is 1.60. The van der Waals surface area contributed by atoms with E-state index < -0.39 is 24.5 Å². The van der Waals surface area contributed by atoms with E-state index >= 15 is 0 Å². The van der Waals surface area contributed by atoms with Crippen molar-refractivity contribution in [2.24, 2.45) is 0 Å². The van der Waals surface area contributed by atoms with Crippen LogP contribution in [0.1, 0.15) is 29.4 Å². The zero-order valence-corrected chi connectivity index (χ0v) is 17.2. The molecule has 0 saturated carbocycles. The van der Waals surface area contributed by atoms with Crippen molar-refractivity contribution in [2.75, 3.05) is 18.5 Å². The topological polar surface area (TPSA) is 132 Å². The van der Waals surface area contributed by atoms with Gasteiger partial charge in [0.15, 0.2) is 23.2 Å². The minimum Gasteiger partial charge on any atom is -0.394 e. The van der Waals surface area contributed by atoms with Crippen molar-refractivity contribution < 1.29 is 24.5 Å². The number of carbonyl (C=O) groups is 1. The summed E-state index contributed by atoms with van der Waals surface area (Å²) in [5, 5.41) is 22.9. The summed E-state index contributed by atoms with van der Waals surface area (Å²) in [5.41, 5.74) is 1.22. The van der Waals surface area contributed by atoms with Crippen LogP contribution in [0.25, 0.3) is 11.2 Å². The highest BCUT2D eigenvalue weighted by Gasteiger charge is 2.45. The maximum absolute atomic E-state index is 12.5. The largest absolute Gasteiger partial charge is 0.394 e. The number of ether oxygens (including phenoxy) is 2. The molecule has 166 valence electrons. The number of carbonyl (C=O) groups excluding carboxylic acids is 1. The molecule has 10 heteroatoms. The molecule has 1 saturated heterocycles. The van der Waals surface area contributed by atoms with Crippen LogP contribution < -0.4 is 5.32 Å². The number of terminal acetylenes is 1. The predicted octanol–water partition coefficient (Wildman–Crippen LogP) is 1.13. The quantitative estimate of drug-likeness (QED) is 0.353. The molecule has 0 unspecified atom stereocenters. The molecule has 3 heterocycles. The molecule has 32 heavy (non-hydrogen) atoms. The lowest BCUT2D eigenvalue weighted by atomic mass is 10.1. The summed E-state index contributed by atoms with van der Waals surface area (Å²) in [6, 6.07) is 8.74. The van der Waals surface area contributed by atoms with E-state index in [1.165, 1.54) is 12.7 Å². The van der Waals surface area contributed by atoms with E-state index in [-0.39, 0.29) is 18.3 Å². The Morgan fingerprint density at radius 2 is 2.09 bits per heavy atom. The van der Waals surface area contributed by atoms with E-state index in [9.17, 15) is 15.0 Å². The van der Waals surface area contributed by atoms with Crippen LogP contribution in [-0.4, -0.2) is 67.2 Å². The van der Waals surface area contributed by atoms with Gasteiger partial charge in [-0.1, -0.05) is 18.2 Å². The summed E-state index contributed by atoms with van der Waals surface area (Å²) >= 11 is 0. The summed E-state index contributed by atoms with van der Waals surface area (Å²) in [6.45, 7) is -0.0498. The van der Waals surface area contributed by atoms with E-state index in [2.05, 4.69) is 26.2 Å². The first-order valence-electron chi connectivity index (χ1n) is 10.2. The molecule has 4 rings (SSSR count). The van der Waals surface area contributed by atoms with Gasteiger partial charge >= 0.3 is 0 Å². The van der Waals surface area contributed by atoms with Gasteiger partial charge < -0.3 is 25.0 Å². The number of rotatable bonds is 8. The Hall–Kier alpha value is -3.36. The summed E-state index contributed by atoms with van der Waals surface area (Å²) in [6.07, 6.45) is 5.80. The van der Waals surface area contributed by atoms with Crippen LogP contribution in [0.4, 0.5) is 5.82 Å². The molecule has 0 bridgehead atoms. The van der Waals surface area contributed by atoms with Gasteiger partial charge in [-0.15, -0.1) is 12.3 Å². The molecule has 0 spiro atoms. The number of hydrogen-bond donors (Lipinski definition) is 3. The maximum atomic E-state index is 12.5. The fourth-order valence-electron chi connectivity index (χ4n) is 3.57. The molecule has 0 aliphatic carbocycles. The van der Waals surface area contributed by atoms with Gasteiger partial charge in [-0.3, -0.25) is 9.36 Å². The molecule has 3 aromatic rings. The van der Waals surface area contributed by atoms with Gasteiger partial charge in [-0.05, 0) is 18.6 Å². The highest BCUT2D eigenvalue weighted by molar-refractivity contribution is 6.06. The van der Waals surface area contributed by atoms with E-state index in [1.807, 2.05) is 6.07 Å². The van der Waals surface area contributed by atoms with Crippen LogP contribution in [0.15, 0.2) is 43.0 Å². The minimum absolute atomic E-state index is 0.242. The fraction of sp³-hybridized carbons (Fsp3) is 0.364. The molecule has 1 aliphatic rings. The molecule has 1 amide bonds. The number of amides is 1. The van der Waals surface area contributed by atoms with Crippen LogP contribution in [0.5, 0.6) is 0 Å². The fourth-order valence-corrected chi connectivity index (χ4v) is 3.57. The number of anilines is 1. The summed E-state index contributed by atoms with van der Waals surface area (Å²) in [7, 11) is 0. The Kier molecular flexibility index (Phi) is 6.72. The number of benzene rings is 1. The number of aromatic nitrogens is 4. The van der Waals surface area contributed by atoms with Gasteiger partial charge in [-0.25, -0.2) is 15.0 Å². The third kappa shape index (κ3) is 4.32. The number of imidazole rings is 1. The van der Waals surface area contributed by atoms with Crippen molar-refractivity contribution in [2.45, 2.75) is 37.4 Å². The molecule has 1 aromatic carbocycles. The van der Waals surface area contributed by atoms with E-state index in [0.717, 1.165) is 0 Å². The molecular formula is C22H23N5O5. The van der Waals surface area contributed by atoms with Gasteiger partial charge in [0.25, 0.3) is 5.91 Å². The molecule has 2 aromatic heterocycles. The number of hydrogen-bond acceptors (Lipinski definition) is 8. The molecular weight excluding hydrogens is 414 g/mol. The Morgan fingerprint density at radius 3 is 2.84 bits per heavy atom. The highest BCUT2D eigenvalue weighted by atomic mass is 16.6. The second kappa shape index (κ2) is 9.84. The van der Waals surface area contributed by atoms with Crippen molar-refractivity contribution in [1.29, 1.82) is 0 Å². The number of nitrogens with zero attached hydrogens (tertiary/aromatic N) is 4. The van der Waals surface area contributed by atoms with E-state index in [1.54, 1.807) is 28.8 Å². The number of fused-ring (bicyclic) bond motifs is 1. The maximum Gasteiger partial charge on any atom is 0.256 e. The van der Waals surface area contributed by atoms with Gasteiger partial charge in [0, 0.05) is 18.6 Å². The third-order valence-electron chi connectivity index (χ3n) is 5.17. The zero-order valence-electron chi connectivity index (χ0n) is 17.2. The average molecular weight is 437 g/mol. The molecule has 1 aliphatic heterocycles. The molecule has 0 radical (unpaired) electrons. The normalized spacial score (nSPS) is 22.7. The van der Waals surface area contributed by atoms with Gasteiger partial charge in [0.1, 0.15) is 24.6 Å². The lowest BCUT2D eigenvalue weighted by molar-refractivity contribution is -0.0707. The van der Waals surface area contributed by atoms with Crippen LogP contribution in [0, 0.1) is 12.3 Å². The lowest BCUT2D eigenvalue weighted by Gasteiger charge is -2.22. The van der Waals surface area contributed by atoms with Crippen LogP contribution in [0.2, 0.25) is 0 Å². The Morgan fingerprint density at radius 1 is 1.28 bits per heavy atom. The summed E-state index contributed by atoms with van der Waals surface area (Å²) in [4.78, 5) is 25.3. The number of nitrogens with one attached hydrogen (secondary N) is 1. The van der Waals surface area contributed by atoms with Gasteiger partial charge in [0.2, 0.25) is 0 Å². The second-order valence-electron chi connectivity index (χ2n) is 7.25. The summed E-state index contributed by atoms with van der Waals surface area (Å²) < 4.78 is 13.3. The molecule has 3 N–H and O–H groups in total. The van der Waals surface area contributed by atoms with Crippen molar-refractivity contribution in [3.63, 3.8) is 0 Å². The van der Waals surface area contributed by atoms with Crippen LogP contribution >= 0.6 is 0 Å². The van der Waals surface area contributed by atoms with Crippen molar-refractivity contribution in [1.82, 2.24) is 19.5 Å². The Bertz CT molecular complexity index is 1110. The van der Waals surface area contributed by atoms with Crippen molar-refractivity contribution in [3.8, 4) is 12.3 Å². The van der Waals surface area contributed by atoms with Gasteiger partial charge in [-0.2, -0.15) is 0 Å². The Labute approximate surface area is 184 Å². The van der Waals surface area contributed by atoms with Gasteiger partial charge in [0.05, 0.1) is 12.9 Å². The van der Waals surface area contributed by atoms with Crippen molar-refractivity contribution >= 4 is 22.9 Å². The smallest absolute Gasteiger partial charge is 0.256 e. The van der Waals surface area contributed by atoms with Crippen molar-refractivity contribution in [3.05, 3.63) is 48.5 Å². The third-order valence-corrected chi connectivity index (χ3v) is 5.17. The van der Waals surface area contributed by atoms with E-state index in [4.69, 9.17) is 15.9 Å². The lowest BCUT2D eigenvalue weighted by Crippen LogP contribution is -2.35. The van der Waals surface area contributed by atoms with Crippen LogP contribution in [0.3, 0.4) is 0 Å². The standard InChI is InChI=1S/C22H23N5O5/c1-2-3-7-10-31-18-17(29)15(11-28)32-22(18)27-13-25-16-19(23-12-24-20(16)27)26-21(30)14-8-5-4-6-9-14/h1,4-6,8-9,12-13,15,17-18,22,28-29H,3,7,10-11H2,(H,23,24,26,30)/t15-,17-,18-,22-/m1/s1. The number of aliphatic hydroxyl groups excluding tert-OH is 2. The molecule has 1 fully saturated rings. The summed E-state index contributed by atoms with van der Waals surface area (Å²) in [5.74, 6) is 2.45. The van der Waals surface area contributed by atoms with E-state index in [0.29, 0.717) is 36.2 Å². The monoisotopic (exact) mass is 437 g/mol. The number of unbranched alkanes of at least 4 members (excludes halogenated alkanes) is 1.